The second-order valence-electron chi connectivity index (χ2n) is 7.30. The van der Waals surface area contributed by atoms with E-state index in [-0.39, 0.29) is 17.7 Å². The molecule has 1 aliphatic rings. The van der Waals surface area contributed by atoms with Gasteiger partial charge in [0.2, 0.25) is 11.8 Å². The van der Waals surface area contributed by atoms with Gasteiger partial charge in [0.15, 0.2) is 0 Å². The molecule has 0 spiro atoms. The third-order valence-corrected chi connectivity index (χ3v) is 5.11. The van der Waals surface area contributed by atoms with Crippen LogP contribution in [0.2, 0.25) is 0 Å². The number of anilines is 2. The van der Waals surface area contributed by atoms with Crippen molar-refractivity contribution < 1.29 is 19.1 Å². The molecule has 0 atom stereocenters. The fourth-order valence-corrected chi connectivity index (χ4v) is 3.18. The molecule has 2 aromatic rings. The number of amides is 2. The summed E-state index contributed by atoms with van der Waals surface area (Å²) in [4.78, 5) is 25.8. The van der Waals surface area contributed by atoms with Crippen LogP contribution in [0.25, 0.3) is 0 Å². The first-order valence-corrected chi connectivity index (χ1v) is 9.35. The Kier molecular flexibility index (Phi) is 5.58. The summed E-state index contributed by atoms with van der Waals surface area (Å²) < 4.78 is 10.5. The minimum absolute atomic E-state index is 0.268. The van der Waals surface area contributed by atoms with Crippen LogP contribution in [0, 0.1) is 5.41 Å². The molecule has 3 rings (SSSR count). The van der Waals surface area contributed by atoms with Crippen molar-refractivity contribution in [2.24, 2.45) is 5.41 Å². The lowest BCUT2D eigenvalue weighted by Crippen LogP contribution is -2.36. The van der Waals surface area contributed by atoms with Gasteiger partial charge in [-0.05, 0) is 42.5 Å². The Morgan fingerprint density at radius 2 is 1.57 bits per heavy atom. The van der Waals surface area contributed by atoms with E-state index in [2.05, 4.69) is 24.5 Å². The molecule has 0 saturated heterocycles. The molecule has 2 N–H and O–H groups in total. The molecule has 2 amide bonds. The van der Waals surface area contributed by atoms with E-state index in [1.807, 2.05) is 24.3 Å². The fraction of sp³-hybridized carbons (Fsp3) is 0.364. The average Bonchev–Trinajstić information content (AvgIpc) is 3.50. The molecule has 0 radical (unpaired) electrons. The molecule has 0 unspecified atom stereocenters. The van der Waals surface area contributed by atoms with Crippen LogP contribution in [-0.4, -0.2) is 26.0 Å². The Morgan fingerprint density at radius 1 is 0.929 bits per heavy atom. The Labute approximate surface area is 165 Å². The summed E-state index contributed by atoms with van der Waals surface area (Å²) in [6, 6.07) is 12.8. The van der Waals surface area contributed by atoms with Gasteiger partial charge in [-0.2, -0.15) is 0 Å². The lowest BCUT2D eigenvalue weighted by molar-refractivity contribution is -0.131. The van der Waals surface area contributed by atoms with Gasteiger partial charge in [-0.15, -0.1) is 0 Å². The number of carbonyl (C=O) groups is 2. The lowest BCUT2D eigenvalue weighted by atomic mass is 9.99. The highest BCUT2D eigenvalue weighted by molar-refractivity contribution is 6.17. The van der Waals surface area contributed by atoms with Crippen LogP contribution in [0.1, 0.15) is 38.2 Å². The van der Waals surface area contributed by atoms with Gasteiger partial charge in [0.05, 0.1) is 19.9 Å². The molecular formula is C22H26N2O4. The molecule has 0 aromatic heterocycles. The van der Waals surface area contributed by atoms with Gasteiger partial charge < -0.3 is 20.1 Å². The summed E-state index contributed by atoms with van der Waals surface area (Å²) in [5.74, 6) is 0.776. The maximum atomic E-state index is 12.9. The van der Waals surface area contributed by atoms with Crippen molar-refractivity contribution in [2.45, 2.75) is 32.6 Å². The zero-order valence-corrected chi connectivity index (χ0v) is 16.7. The first kappa shape index (κ1) is 19.7. The summed E-state index contributed by atoms with van der Waals surface area (Å²) in [5, 5.41) is 5.80. The van der Waals surface area contributed by atoms with E-state index in [9.17, 15) is 9.59 Å². The van der Waals surface area contributed by atoms with E-state index in [0.29, 0.717) is 30.0 Å². The van der Waals surface area contributed by atoms with Gasteiger partial charge in [0.25, 0.3) is 0 Å². The van der Waals surface area contributed by atoms with Crippen LogP contribution in [0.5, 0.6) is 11.5 Å². The monoisotopic (exact) mass is 382 g/mol. The maximum absolute atomic E-state index is 12.9. The van der Waals surface area contributed by atoms with Gasteiger partial charge in [-0.25, -0.2) is 0 Å². The molecule has 2 aromatic carbocycles. The number of benzene rings is 2. The lowest BCUT2D eigenvalue weighted by Gasteiger charge is -2.19. The van der Waals surface area contributed by atoms with Crippen LogP contribution in [0.4, 0.5) is 11.4 Å². The highest BCUT2D eigenvalue weighted by atomic mass is 16.5. The van der Waals surface area contributed by atoms with Crippen LogP contribution in [0.3, 0.4) is 0 Å². The minimum Gasteiger partial charge on any atom is -0.497 e. The number of para-hydroxylation sites is 1. The molecule has 1 fully saturated rings. The highest BCUT2D eigenvalue weighted by Gasteiger charge is 2.56. The fourth-order valence-electron chi connectivity index (χ4n) is 3.18. The predicted molar refractivity (Wildman–Crippen MR) is 109 cm³/mol. The summed E-state index contributed by atoms with van der Waals surface area (Å²) in [6.45, 7) is 4.14. The Bertz CT molecular complexity index is 888. The first-order chi connectivity index (χ1) is 13.4. The molecule has 6 heteroatoms. The number of methoxy groups -OCH3 is 2. The van der Waals surface area contributed by atoms with Gasteiger partial charge in [0, 0.05) is 11.8 Å². The zero-order valence-electron chi connectivity index (χ0n) is 16.7. The van der Waals surface area contributed by atoms with E-state index in [0.717, 1.165) is 11.3 Å². The Hall–Kier alpha value is -3.02. The van der Waals surface area contributed by atoms with E-state index in [4.69, 9.17) is 9.47 Å². The number of ether oxygens (including phenoxy) is 2. The normalized spacial score (nSPS) is 14.3. The van der Waals surface area contributed by atoms with E-state index >= 15 is 0 Å². The third kappa shape index (κ3) is 3.81. The Balaban J connectivity index is 1.77. The van der Waals surface area contributed by atoms with Gasteiger partial charge in [0.1, 0.15) is 16.9 Å². The van der Waals surface area contributed by atoms with Crippen LogP contribution in [0.15, 0.2) is 42.5 Å². The Morgan fingerprint density at radius 3 is 2.14 bits per heavy atom. The van der Waals surface area contributed by atoms with Crippen LogP contribution >= 0.6 is 0 Å². The van der Waals surface area contributed by atoms with E-state index in [1.165, 1.54) is 7.11 Å². The standard InChI is InChI=1S/C22H26N2O4/c1-14(2)16-7-5-6-8-17(16)23-20(25)22(11-12-22)21(26)24-18-10-9-15(27-3)13-19(18)28-4/h5-10,13-14H,11-12H2,1-4H3,(H,23,25)(H,24,26). The molecular weight excluding hydrogens is 356 g/mol. The average molecular weight is 382 g/mol. The van der Waals surface area contributed by atoms with Crippen LogP contribution < -0.4 is 20.1 Å². The topological polar surface area (TPSA) is 76.7 Å². The third-order valence-electron chi connectivity index (χ3n) is 5.11. The number of carbonyl (C=O) groups excluding carboxylic acids is 2. The van der Waals surface area contributed by atoms with Crippen molar-refractivity contribution >= 4 is 23.2 Å². The predicted octanol–water partition coefficient (Wildman–Crippen LogP) is 4.18. The number of hydrogen-bond donors (Lipinski definition) is 2. The van der Waals surface area contributed by atoms with Crippen molar-refractivity contribution in [1.82, 2.24) is 0 Å². The van der Waals surface area contributed by atoms with Crippen molar-refractivity contribution in [3.05, 3.63) is 48.0 Å². The summed E-state index contributed by atoms with van der Waals surface area (Å²) in [5.41, 5.74) is 1.26. The van der Waals surface area contributed by atoms with Gasteiger partial charge in [-0.1, -0.05) is 32.0 Å². The number of rotatable bonds is 7. The van der Waals surface area contributed by atoms with Crippen molar-refractivity contribution in [1.29, 1.82) is 0 Å². The minimum atomic E-state index is -1.05. The molecule has 6 nitrogen and oxygen atoms in total. The quantitative estimate of drug-likeness (QED) is 0.704. The van der Waals surface area contributed by atoms with Gasteiger partial charge >= 0.3 is 0 Å². The van der Waals surface area contributed by atoms with Crippen molar-refractivity contribution in [2.75, 3.05) is 24.9 Å². The molecule has 0 aliphatic heterocycles. The molecule has 1 aliphatic carbocycles. The largest absolute Gasteiger partial charge is 0.497 e. The van der Waals surface area contributed by atoms with E-state index < -0.39 is 5.41 Å². The zero-order chi connectivity index (χ0) is 20.3. The van der Waals surface area contributed by atoms with Crippen LogP contribution in [-0.2, 0) is 9.59 Å². The smallest absolute Gasteiger partial charge is 0.240 e. The van der Waals surface area contributed by atoms with Crippen molar-refractivity contribution in [3.63, 3.8) is 0 Å². The second kappa shape index (κ2) is 7.92. The molecule has 28 heavy (non-hydrogen) atoms. The summed E-state index contributed by atoms with van der Waals surface area (Å²) in [6.07, 6.45) is 1.04. The first-order valence-electron chi connectivity index (χ1n) is 9.35. The highest BCUT2D eigenvalue weighted by Crippen LogP contribution is 2.48. The molecule has 1 saturated carbocycles. The van der Waals surface area contributed by atoms with Crippen molar-refractivity contribution in [3.8, 4) is 11.5 Å². The second-order valence-corrected chi connectivity index (χ2v) is 7.30. The molecule has 148 valence electrons. The molecule has 0 heterocycles. The maximum Gasteiger partial charge on any atom is 0.240 e. The summed E-state index contributed by atoms with van der Waals surface area (Å²) >= 11 is 0. The van der Waals surface area contributed by atoms with E-state index in [1.54, 1.807) is 25.3 Å². The SMILES string of the molecule is COc1ccc(NC(=O)C2(C(=O)Nc3ccccc3C(C)C)CC2)c(OC)c1. The number of hydrogen-bond acceptors (Lipinski definition) is 4. The molecule has 0 bridgehead atoms. The summed E-state index contributed by atoms with van der Waals surface area (Å²) in [7, 11) is 3.08. The van der Waals surface area contributed by atoms with Gasteiger partial charge in [-0.3, -0.25) is 9.59 Å². The number of nitrogens with one attached hydrogen (secondary N) is 2.